The van der Waals surface area contributed by atoms with Gasteiger partial charge in [-0.1, -0.05) is 6.07 Å². The number of rotatable bonds is 4. The SMILES string of the molecule is COC(=O)c1cccc(N2CC(CS(=O)(=O)Cl)CC2=O)c1F. The summed E-state index contributed by atoms with van der Waals surface area (Å²) in [6.07, 6.45) is -0.0478. The number of hydrogen-bond acceptors (Lipinski definition) is 5. The van der Waals surface area contributed by atoms with Crippen LogP contribution in [0.2, 0.25) is 0 Å². The molecule has 1 aliphatic heterocycles. The second kappa shape index (κ2) is 6.21. The third-order valence-electron chi connectivity index (χ3n) is 3.31. The van der Waals surface area contributed by atoms with E-state index in [0.29, 0.717) is 0 Å². The number of esters is 1. The van der Waals surface area contributed by atoms with Gasteiger partial charge in [-0.25, -0.2) is 17.6 Å². The minimum atomic E-state index is -3.75. The molecule has 1 aliphatic rings. The summed E-state index contributed by atoms with van der Waals surface area (Å²) in [5, 5.41) is 0. The van der Waals surface area contributed by atoms with E-state index in [2.05, 4.69) is 4.74 Å². The number of hydrogen-bond donors (Lipinski definition) is 0. The average molecular weight is 350 g/mol. The van der Waals surface area contributed by atoms with Crippen LogP contribution in [0, 0.1) is 11.7 Å². The van der Waals surface area contributed by atoms with Crippen LogP contribution in [0.4, 0.5) is 10.1 Å². The van der Waals surface area contributed by atoms with Crippen LogP contribution >= 0.6 is 10.7 Å². The van der Waals surface area contributed by atoms with Crippen LogP contribution in [0.3, 0.4) is 0 Å². The second-order valence-corrected chi connectivity index (χ2v) is 7.73. The number of carbonyl (C=O) groups is 2. The van der Waals surface area contributed by atoms with E-state index in [1.807, 2.05) is 0 Å². The second-order valence-electron chi connectivity index (χ2n) is 4.91. The zero-order valence-corrected chi connectivity index (χ0v) is 13.2. The fraction of sp³-hybridized carbons (Fsp3) is 0.385. The molecule has 1 heterocycles. The number of halogens is 2. The van der Waals surface area contributed by atoms with Gasteiger partial charge in [-0.2, -0.15) is 0 Å². The standard InChI is InChI=1S/C13H13ClFNO5S/c1-21-13(18)9-3-2-4-10(12(9)15)16-6-8(5-11(16)17)7-22(14,19)20/h2-4,8H,5-7H2,1H3. The topological polar surface area (TPSA) is 80.8 Å². The van der Waals surface area contributed by atoms with E-state index in [-0.39, 0.29) is 30.0 Å². The molecule has 0 aromatic heterocycles. The fourth-order valence-electron chi connectivity index (χ4n) is 2.40. The first-order valence-corrected chi connectivity index (χ1v) is 8.80. The van der Waals surface area contributed by atoms with Crippen molar-refractivity contribution in [1.82, 2.24) is 0 Å². The zero-order valence-electron chi connectivity index (χ0n) is 11.6. The Bertz CT molecular complexity index is 721. The Labute approximate surface area is 131 Å². The van der Waals surface area contributed by atoms with E-state index >= 15 is 0 Å². The van der Waals surface area contributed by atoms with Gasteiger partial charge in [-0.3, -0.25) is 4.79 Å². The molecule has 9 heteroatoms. The van der Waals surface area contributed by atoms with Gasteiger partial charge in [0.15, 0.2) is 5.82 Å². The van der Waals surface area contributed by atoms with Gasteiger partial charge in [-0.05, 0) is 12.1 Å². The van der Waals surface area contributed by atoms with Crippen molar-refractivity contribution in [3.63, 3.8) is 0 Å². The Hall–Kier alpha value is -1.67. The number of benzene rings is 1. The van der Waals surface area contributed by atoms with Crippen LogP contribution in [0.5, 0.6) is 0 Å². The first-order valence-electron chi connectivity index (χ1n) is 6.32. The predicted octanol–water partition coefficient (Wildman–Crippen LogP) is 1.53. The lowest BCUT2D eigenvalue weighted by atomic mass is 10.1. The first kappa shape index (κ1) is 16.7. The molecule has 0 N–H and O–H groups in total. The summed E-state index contributed by atoms with van der Waals surface area (Å²) >= 11 is 0. The molecular weight excluding hydrogens is 337 g/mol. The number of carbonyl (C=O) groups excluding carboxylic acids is 2. The number of amides is 1. The van der Waals surface area contributed by atoms with E-state index < -0.39 is 32.7 Å². The van der Waals surface area contributed by atoms with Crippen LogP contribution in [0.1, 0.15) is 16.8 Å². The molecule has 0 saturated carbocycles. The normalized spacial score (nSPS) is 18.6. The average Bonchev–Trinajstić information content (AvgIpc) is 2.76. The molecule has 1 unspecified atom stereocenters. The minimum absolute atomic E-state index is 0.0202. The Morgan fingerprint density at radius 1 is 1.50 bits per heavy atom. The summed E-state index contributed by atoms with van der Waals surface area (Å²) in [4.78, 5) is 24.6. The van der Waals surface area contributed by atoms with Crippen molar-refractivity contribution in [2.24, 2.45) is 5.92 Å². The third-order valence-corrected chi connectivity index (χ3v) is 4.56. The molecule has 2 rings (SSSR count). The van der Waals surface area contributed by atoms with Gasteiger partial charge in [0.1, 0.15) is 0 Å². The van der Waals surface area contributed by atoms with Crippen LogP contribution in [-0.4, -0.2) is 39.7 Å². The van der Waals surface area contributed by atoms with Crippen LogP contribution in [-0.2, 0) is 18.6 Å². The highest BCUT2D eigenvalue weighted by Gasteiger charge is 2.35. The summed E-state index contributed by atoms with van der Waals surface area (Å²) in [6, 6.07) is 4.01. The molecule has 1 atom stereocenters. The molecule has 1 amide bonds. The number of methoxy groups -OCH3 is 1. The predicted molar refractivity (Wildman–Crippen MR) is 77.8 cm³/mol. The maximum absolute atomic E-state index is 14.4. The largest absolute Gasteiger partial charge is 0.465 e. The van der Waals surface area contributed by atoms with Gasteiger partial charge in [0.05, 0.1) is 24.1 Å². The van der Waals surface area contributed by atoms with Gasteiger partial charge >= 0.3 is 5.97 Å². The Morgan fingerprint density at radius 2 is 2.18 bits per heavy atom. The summed E-state index contributed by atoms with van der Waals surface area (Å²) < 4.78 is 41.0. The van der Waals surface area contributed by atoms with Crippen LogP contribution in [0.15, 0.2) is 18.2 Å². The van der Waals surface area contributed by atoms with E-state index in [0.717, 1.165) is 12.0 Å². The Balaban J connectivity index is 2.29. The quantitative estimate of drug-likeness (QED) is 0.608. The lowest BCUT2D eigenvalue weighted by Gasteiger charge is -2.18. The third kappa shape index (κ3) is 3.56. The molecule has 6 nitrogen and oxygen atoms in total. The highest BCUT2D eigenvalue weighted by atomic mass is 35.7. The van der Waals surface area contributed by atoms with Crippen LogP contribution < -0.4 is 4.90 Å². The van der Waals surface area contributed by atoms with Crippen molar-refractivity contribution in [2.45, 2.75) is 6.42 Å². The number of ether oxygens (including phenoxy) is 1. The van der Waals surface area contributed by atoms with Gasteiger partial charge < -0.3 is 9.64 Å². The molecule has 0 spiro atoms. The lowest BCUT2D eigenvalue weighted by Crippen LogP contribution is -2.27. The summed E-state index contributed by atoms with van der Waals surface area (Å²) in [6.45, 7) is 0.0202. The van der Waals surface area contributed by atoms with E-state index in [4.69, 9.17) is 10.7 Å². The molecule has 0 radical (unpaired) electrons. The summed E-state index contributed by atoms with van der Waals surface area (Å²) in [5.74, 6) is -3.04. The summed E-state index contributed by atoms with van der Waals surface area (Å²) in [7, 11) is 2.55. The maximum atomic E-state index is 14.4. The van der Waals surface area contributed by atoms with Crippen molar-refractivity contribution in [3.8, 4) is 0 Å². The van der Waals surface area contributed by atoms with Gasteiger partial charge in [-0.15, -0.1) is 0 Å². The van der Waals surface area contributed by atoms with Gasteiger partial charge in [0, 0.05) is 29.6 Å². The molecule has 1 aromatic carbocycles. The minimum Gasteiger partial charge on any atom is -0.465 e. The van der Waals surface area contributed by atoms with Crippen molar-refractivity contribution < 1.29 is 27.1 Å². The molecule has 120 valence electrons. The molecule has 1 fully saturated rings. The van der Waals surface area contributed by atoms with Gasteiger partial charge in [0.2, 0.25) is 15.0 Å². The molecule has 0 bridgehead atoms. The number of anilines is 1. The van der Waals surface area contributed by atoms with Crippen molar-refractivity contribution >= 4 is 37.3 Å². The Kier molecular flexibility index (Phi) is 4.72. The lowest BCUT2D eigenvalue weighted by molar-refractivity contribution is -0.117. The monoisotopic (exact) mass is 349 g/mol. The van der Waals surface area contributed by atoms with E-state index in [1.165, 1.54) is 18.2 Å². The molecule has 1 aromatic rings. The van der Waals surface area contributed by atoms with E-state index in [1.54, 1.807) is 0 Å². The molecular formula is C13H13ClFNO5S. The fourth-order valence-corrected chi connectivity index (χ4v) is 3.72. The van der Waals surface area contributed by atoms with Crippen molar-refractivity contribution in [1.29, 1.82) is 0 Å². The smallest absolute Gasteiger partial charge is 0.340 e. The molecule has 22 heavy (non-hydrogen) atoms. The van der Waals surface area contributed by atoms with E-state index in [9.17, 15) is 22.4 Å². The maximum Gasteiger partial charge on any atom is 0.340 e. The zero-order chi connectivity index (χ0) is 16.5. The van der Waals surface area contributed by atoms with Gasteiger partial charge in [0.25, 0.3) is 0 Å². The highest BCUT2D eigenvalue weighted by Crippen LogP contribution is 2.30. The number of nitrogens with zero attached hydrogens (tertiary/aromatic N) is 1. The molecule has 1 saturated heterocycles. The van der Waals surface area contributed by atoms with Crippen molar-refractivity contribution in [3.05, 3.63) is 29.6 Å². The first-order chi connectivity index (χ1) is 10.2. The highest BCUT2D eigenvalue weighted by molar-refractivity contribution is 8.13. The van der Waals surface area contributed by atoms with Crippen LogP contribution in [0.25, 0.3) is 0 Å². The summed E-state index contributed by atoms with van der Waals surface area (Å²) in [5.41, 5.74) is -0.372. The van der Waals surface area contributed by atoms with Crippen molar-refractivity contribution in [2.75, 3.05) is 24.3 Å². The Morgan fingerprint density at radius 3 is 2.77 bits per heavy atom. The molecule has 0 aliphatic carbocycles.